The first-order chi connectivity index (χ1) is 13.1. The zero-order valence-electron chi connectivity index (χ0n) is 16.1. The molecule has 7 heteroatoms. The number of halogens is 1. The van der Waals surface area contributed by atoms with Gasteiger partial charge in [-0.05, 0) is 36.8 Å². The maximum Gasteiger partial charge on any atom is 0.196 e. The third kappa shape index (κ3) is 5.86. The zero-order chi connectivity index (χ0) is 19.6. The Hall–Kier alpha value is -2.80. The summed E-state index contributed by atoms with van der Waals surface area (Å²) in [6, 6.07) is 10.5. The molecule has 146 valence electrons. The van der Waals surface area contributed by atoms with E-state index in [1.807, 2.05) is 25.1 Å². The van der Waals surface area contributed by atoms with Crippen molar-refractivity contribution in [2.75, 3.05) is 33.2 Å². The van der Waals surface area contributed by atoms with Crippen LogP contribution in [0.1, 0.15) is 18.1 Å². The van der Waals surface area contributed by atoms with Crippen LogP contribution >= 0.6 is 0 Å². The molecule has 0 saturated heterocycles. The van der Waals surface area contributed by atoms with Crippen molar-refractivity contribution in [2.24, 2.45) is 4.99 Å². The van der Waals surface area contributed by atoms with Gasteiger partial charge in [0.25, 0.3) is 0 Å². The molecule has 0 fully saturated rings. The highest BCUT2D eigenvalue weighted by atomic mass is 19.1. The van der Waals surface area contributed by atoms with Crippen molar-refractivity contribution in [3.05, 3.63) is 53.3 Å². The van der Waals surface area contributed by atoms with Gasteiger partial charge in [0, 0.05) is 31.0 Å². The van der Waals surface area contributed by atoms with E-state index >= 15 is 0 Å². The fourth-order valence-electron chi connectivity index (χ4n) is 2.52. The highest BCUT2D eigenvalue weighted by molar-refractivity contribution is 5.93. The summed E-state index contributed by atoms with van der Waals surface area (Å²) in [5.74, 6) is 1.62. The van der Waals surface area contributed by atoms with E-state index in [-0.39, 0.29) is 12.4 Å². The summed E-state index contributed by atoms with van der Waals surface area (Å²) in [7, 11) is 4.73. The van der Waals surface area contributed by atoms with Crippen LogP contribution in [0.4, 0.5) is 10.1 Å². The Morgan fingerprint density at radius 1 is 1.04 bits per heavy atom. The maximum atomic E-state index is 13.7. The summed E-state index contributed by atoms with van der Waals surface area (Å²) in [6.07, 6.45) is 0. The molecule has 2 aromatic carbocycles. The summed E-state index contributed by atoms with van der Waals surface area (Å²) in [5, 5.41) is 6.42. The van der Waals surface area contributed by atoms with Gasteiger partial charge in [0.2, 0.25) is 0 Å². The largest absolute Gasteiger partial charge is 0.493 e. The number of hydrogen-bond acceptors (Lipinski definition) is 4. The van der Waals surface area contributed by atoms with Crippen molar-refractivity contribution in [3.8, 4) is 11.5 Å². The van der Waals surface area contributed by atoms with Gasteiger partial charge in [-0.15, -0.1) is 0 Å². The Morgan fingerprint density at radius 2 is 1.81 bits per heavy atom. The molecule has 2 aromatic rings. The molecule has 2 N–H and O–H groups in total. The van der Waals surface area contributed by atoms with Crippen molar-refractivity contribution in [2.45, 2.75) is 20.1 Å². The lowest BCUT2D eigenvalue weighted by Crippen LogP contribution is -2.30. The third-order valence-corrected chi connectivity index (χ3v) is 3.82. The highest BCUT2D eigenvalue weighted by Gasteiger charge is 2.07. The van der Waals surface area contributed by atoms with Crippen LogP contribution in [-0.4, -0.2) is 33.8 Å². The average molecular weight is 375 g/mol. The molecule has 0 aliphatic heterocycles. The van der Waals surface area contributed by atoms with Gasteiger partial charge in [0.15, 0.2) is 17.5 Å². The van der Waals surface area contributed by atoms with Crippen LogP contribution in [0.3, 0.4) is 0 Å². The second kappa shape index (κ2) is 10.4. The van der Waals surface area contributed by atoms with Gasteiger partial charge in [-0.3, -0.25) is 0 Å². The van der Waals surface area contributed by atoms with Crippen LogP contribution in [0.5, 0.6) is 11.5 Å². The van der Waals surface area contributed by atoms with E-state index in [0.717, 1.165) is 11.3 Å². The van der Waals surface area contributed by atoms with Gasteiger partial charge in [-0.1, -0.05) is 6.07 Å². The lowest BCUT2D eigenvalue weighted by molar-refractivity contribution is 0.181. The Morgan fingerprint density at radius 3 is 2.48 bits per heavy atom. The molecule has 0 aliphatic carbocycles. The van der Waals surface area contributed by atoms with E-state index in [9.17, 15) is 4.39 Å². The van der Waals surface area contributed by atoms with Gasteiger partial charge in [-0.25, -0.2) is 9.38 Å². The molecular weight excluding hydrogens is 349 g/mol. The Bertz CT molecular complexity index is 781. The monoisotopic (exact) mass is 375 g/mol. The number of rotatable bonds is 8. The molecule has 0 heterocycles. The minimum Gasteiger partial charge on any atom is -0.493 e. The number of benzene rings is 2. The van der Waals surface area contributed by atoms with E-state index < -0.39 is 0 Å². The first kappa shape index (κ1) is 20.5. The minimum atomic E-state index is -0.278. The number of nitrogens with one attached hydrogen (secondary N) is 2. The average Bonchev–Trinajstić information content (AvgIpc) is 2.68. The van der Waals surface area contributed by atoms with Gasteiger partial charge in [0.05, 0.1) is 27.4 Å². The van der Waals surface area contributed by atoms with Crippen molar-refractivity contribution in [1.82, 2.24) is 5.32 Å². The molecular formula is C20H26FN3O3. The van der Waals surface area contributed by atoms with E-state index in [0.29, 0.717) is 36.1 Å². The van der Waals surface area contributed by atoms with E-state index in [4.69, 9.17) is 14.2 Å². The van der Waals surface area contributed by atoms with Gasteiger partial charge < -0.3 is 24.8 Å². The summed E-state index contributed by atoms with van der Waals surface area (Å²) in [6.45, 7) is 3.32. The number of hydrogen-bond donors (Lipinski definition) is 2. The van der Waals surface area contributed by atoms with Crippen LogP contribution in [0.25, 0.3) is 0 Å². The van der Waals surface area contributed by atoms with E-state index in [1.54, 1.807) is 33.5 Å². The SMILES string of the molecule is CCNC(=NCc1ccc(F)c(COC)c1)Nc1ccc(OC)c(OC)c1. The number of methoxy groups -OCH3 is 3. The van der Waals surface area contributed by atoms with Crippen molar-refractivity contribution in [1.29, 1.82) is 0 Å². The normalized spacial score (nSPS) is 11.2. The number of nitrogens with zero attached hydrogens (tertiary/aromatic N) is 1. The van der Waals surface area contributed by atoms with Gasteiger partial charge in [0.1, 0.15) is 5.82 Å². The number of guanidine groups is 1. The molecule has 0 aromatic heterocycles. The van der Waals surface area contributed by atoms with Crippen LogP contribution in [0.15, 0.2) is 41.4 Å². The molecule has 0 spiro atoms. The van der Waals surface area contributed by atoms with E-state index in [1.165, 1.54) is 6.07 Å². The van der Waals surface area contributed by atoms with Gasteiger partial charge >= 0.3 is 0 Å². The zero-order valence-corrected chi connectivity index (χ0v) is 16.1. The Labute approximate surface area is 159 Å². The minimum absolute atomic E-state index is 0.230. The summed E-state index contributed by atoms with van der Waals surface area (Å²) in [4.78, 5) is 4.57. The number of anilines is 1. The van der Waals surface area contributed by atoms with Crippen LogP contribution in [-0.2, 0) is 17.9 Å². The Kier molecular flexibility index (Phi) is 7.88. The summed E-state index contributed by atoms with van der Waals surface area (Å²) in [5.41, 5.74) is 2.22. The second-order valence-electron chi connectivity index (χ2n) is 5.75. The smallest absolute Gasteiger partial charge is 0.196 e. The quantitative estimate of drug-likeness (QED) is 0.546. The van der Waals surface area contributed by atoms with Crippen molar-refractivity contribution < 1.29 is 18.6 Å². The number of aliphatic imine (C=N–C) groups is 1. The molecule has 0 bridgehead atoms. The molecule has 0 amide bonds. The molecule has 27 heavy (non-hydrogen) atoms. The molecule has 0 atom stereocenters. The van der Waals surface area contributed by atoms with E-state index in [2.05, 4.69) is 15.6 Å². The van der Waals surface area contributed by atoms with Crippen LogP contribution in [0, 0.1) is 5.82 Å². The first-order valence-electron chi connectivity index (χ1n) is 8.64. The molecule has 0 saturated carbocycles. The standard InChI is InChI=1S/C20H26FN3O3/c1-5-22-20(24-16-7-9-18(26-3)19(11-16)27-4)23-12-14-6-8-17(21)15(10-14)13-25-2/h6-11H,5,12-13H2,1-4H3,(H2,22,23,24). The Balaban J connectivity index is 2.16. The predicted octanol–water partition coefficient (Wildman–Crippen LogP) is 3.57. The van der Waals surface area contributed by atoms with Crippen molar-refractivity contribution in [3.63, 3.8) is 0 Å². The molecule has 0 aliphatic rings. The fraction of sp³-hybridized carbons (Fsp3) is 0.350. The molecule has 0 radical (unpaired) electrons. The fourth-order valence-corrected chi connectivity index (χ4v) is 2.52. The number of ether oxygens (including phenoxy) is 3. The molecule has 6 nitrogen and oxygen atoms in total. The van der Waals surface area contributed by atoms with Crippen LogP contribution < -0.4 is 20.1 Å². The summed E-state index contributed by atoms with van der Waals surface area (Å²) < 4.78 is 29.3. The second-order valence-corrected chi connectivity index (χ2v) is 5.75. The molecule has 0 unspecified atom stereocenters. The summed E-state index contributed by atoms with van der Waals surface area (Å²) >= 11 is 0. The topological polar surface area (TPSA) is 64.1 Å². The maximum absolute atomic E-state index is 13.7. The molecule has 2 rings (SSSR count). The predicted molar refractivity (Wildman–Crippen MR) is 105 cm³/mol. The van der Waals surface area contributed by atoms with Crippen molar-refractivity contribution >= 4 is 11.6 Å². The lowest BCUT2D eigenvalue weighted by Gasteiger charge is -2.14. The lowest BCUT2D eigenvalue weighted by atomic mass is 10.1. The van der Waals surface area contributed by atoms with Gasteiger partial charge in [-0.2, -0.15) is 0 Å². The third-order valence-electron chi connectivity index (χ3n) is 3.82. The van der Waals surface area contributed by atoms with Crippen LogP contribution in [0.2, 0.25) is 0 Å². The highest BCUT2D eigenvalue weighted by Crippen LogP contribution is 2.29. The first-order valence-corrected chi connectivity index (χ1v) is 8.64.